The van der Waals surface area contributed by atoms with E-state index in [1.54, 1.807) is 23.1 Å². The predicted molar refractivity (Wildman–Crippen MR) is 127 cm³/mol. The maximum atomic E-state index is 13.1. The van der Waals surface area contributed by atoms with Crippen molar-refractivity contribution in [2.45, 2.75) is 30.0 Å². The summed E-state index contributed by atoms with van der Waals surface area (Å²) in [7, 11) is -3.86. The van der Waals surface area contributed by atoms with Gasteiger partial charge in [0.1, 0.15) is 11.2 Å². The van der Waals surface area contributed by atoms with E-state index in [4.69, 9.17) is 0 Å². The van der Waals surface area contributed by atoms with Crippen LogP contribution in [-0.4, -0.2) is 20.1 Å². The summed E-state index contributed by atoms with van der Waals surface area (Å²) in [6.07, 6.45) is 0. The first-order chi connectivity index (χ1) is 15.2. The Morgan fingerprint density at radius 2 is 1.72 bits per heavy atom. The van der Waals surface area contributed by atoms with E-state index in [9.17, 15) is 17.6 Å². The third kappa shape index (κ3) is 4.66. The molecule has 0 spiro atoms. The van der Waals surface area contributed by atoms with Crippen molar-refractivity contribution in [3.8, 4) is 0 Å². The minimum Gasteiger partial charge on any atom is -0.295 e. The Balaban J connectivity index is 1.60. The minimum atomic E-state index is -3.86. The fourth-order valence-corrected chi connectivity index (χ4v) is 5.77. The van der Waals surface area contributed by atoms with Gasteiger partial charge in [0.2, 0.25) is 5.91 Å². The molecule has 4 rings (SSSR count). The van der Waals surface area contributed by atoms with E-state index in [0.29, 0.717) is 17.4 Å². The molecule has 166 valence electrons. The number of amides is 1. The number of halogens is 1. The van der Waals surface area contributed by atoms with Crippen molar-refractivity contribution in [2.75, 3.05) is 15.4 Å². The van der Waals surface area contributed by atoms with Gasteiger partial charge in [0, 0.05) is 11.4 Å². The number of sulfonamides is 1. The SMILES string of the molecule is CC(C)c1ccc(N2C(=O)CSC2c2cccc(NS(=O)(=O)c3ccc(F)cc3)c2)cc1. The highest BCUT2D eigenvalue weighted by molar-refractivity contribution is 8.00. The van der Waals surface area contributed by atoms with Crippen LogP contribution in [0.25, 0.3) is 0 Å². The Labute approximate surface area is 191 Å². The molecule has 1 aliphatic rings. The van der Waals surface area contributed by atoms with Crippen LogP contribution in [0.15, 0.2) is 77.7 Å². The zero-order valence-electron chi connectivity index (χ0n) is 17.7. The molecular weight excluding hydrogens is 447 g/mol. The average molecular weight is 471 g/mol. The second-order valence-electron chi connectivity index (χ2n) is 7.86. The molecule has 0 aromatic heterocycles. The lowest BCUT2D eigenvalue weighted by Gasteiger charge is -2.25. The van der Waals surface area contributed by atoms with Gasteiger partial charge >= 0.3 is 0 Å². The monoisotopic (exact) mass is 470 g/mol. The molecule has 3 aromatic carbocycles. The molecule has 1 amide bonds. The van der Waals surface area contributed by atoms with Crippen molar-refractivity contribution in [2.24, 2.45) is 0 Å². The summed E-state index contributed by atoms with van der Waals surface area (Å²) in [4.78, 5) is 14.4. The molecule has 1 atom stereocenters. The number of hydrogen-bond acceptors (Lipinski definition) is 4. The van der Waals surface area contributed by atoms with E-state index in [1.165, 1.54) is 29.5 Å². The van der Waals surface area contributed by atoms with Gasteiger partial charge in [-0.25, -0.2) is 12.8 Å². The first-order valence-corrected chi connectivity index (χ1v) is 12.7. The molecule has 0 aliphatic carbocycles. The van der Waals surface area contributed by atoms with Crippen LogP contribution in [0.1, 0.15) is 36.3 Å². The number of anilines is 2. The van der Waals surface area contributed by atoms with Crippen LogP contribution in [-0.2, 0) is 14.8 Å². The molecule has 1 fully saturated rings. The van der Waals surface area contributed by atoms with E-state index in [0.717, 1.165) is 23.4 Å². The Hall–Kier alpha value is -2.84. The van der Waals surface area contributed by atoms with Gasteiger partial charge in [0.15, 0.2) is 0 Å². The van der Waals surface area contributed by atoms with Crippen LogP contribution >= 0.6 is 11.8 Å². The number of nitrogens with zero attached hydrogens (tertiary/aromatic N) is 1. The maximum Gasteiger partial charge on any atom is 0.261 e. The topological polar surface area (TPSA) is 66.5 Å². The minimum absolute atomic E-state index is 0.00888. The zero-order chi connectivity index (χ0) is 22.9. The lowest BCUT2D eigenvalue weighted by atomic mass is 10.0. The van der Waals surface area contributed by atoms with Crippen molar-refractivity contribution in [1.29, 1.82) is 0 Å². The average Bonchev–Trinajstić information content (AvgIpc) is 3.15. The second-order valence-corrected chi connectivity index (χ2v) is 10.6. The third-order valence-electron chi connectivity index (χ3n) is 5.25. The molecule has 5 nitrogen and oxygen atoms in total. The largest absolute Gasteiger partial charge is 0.295 e. The zero-order valence-corrected chi connectivity index (χ0v) is 19.3. The van der Waals surface area contributed by atoms with Gasteiger partial charge in [-0.05, 0) is 65.6 Å². The molecule has 0 bridgehead atoms. The van der Waals surface area contributed by atoms with Gasteiger partial charge in [0.25, 0.3) is 10.0 Å². The van der Waals surface area contributed by atoms with Crippen LogP contribution in [0.5, 0.6) is 0 Å². The van der Waals surface area contributed by atoms with Gasteiger partial charge in [-0.2, -0.15) is 0 Å². The number of benzene rings is 3. The van der Waals surface area contributed by atoms with Crippen LogP contribution in [0.4, 0.5) is 15.8 Å². The summed E-state index contributed by atoms with van der Waals surface area (Å²) in [5.41, 5.74) is 3.20. The summed E-state index contributed by atoms with van der Waals surface area (Å²) >= 11 is 1.50. The molecule has 1 aliphatic heterocycles. The highest BCUT2D eigenvalue weighted by Gasteiger charge is 2.34. The van der Waals surface area contributed by atoms with Crippen LogP contribution < -0.4 is 9.62 Å². The fourth-order valence-electron chi connectivity index (χ4n) is 3.55. The fraction of sp³-hybridized carbons (Fsp3) is 0.208. The molecule has 0 saturated carbocycles. The van der Waals surface area contributed by atoms with Crippen LogP contribution in [0.2, 0.25) is 0 Å². The summed E-state index contributed by atoms with van der Waals surface area (Å²) in [6.45, 7) is 4.24. The van der Waals surface area contributed by atoms with E-state index in [2.05, 4.69) is 18.6 Å². The second kappa shape index (κ2) is 8.96. The van der Waals surface area contributed by atoms with Crippen molar-refractivity contribution < 1.29 is 17.6 Å². The Morgan fingerprint density at radius 3 is 2.38 bits per heavy atom. The van der Waals surface area contributed by atoms with Gasteiger partial charge in [0.05, 0.1) is 10.6 Å². The molecule has 1 N–H and O–H groups in total. The summed E-state index contributed by atoms with van der Waals surface area (Å²) in [5, 5.41) is -0.261. The van der Waals surface area contributed by atoms with Gasteiger partial charge < -0.3 is 0 Å². The van der Waals surface area contributed by atoms with Crippen LogP contribution in [0.3, 0.4) is 0 Å². The quantitative estimate of drug-likeness (QED) is 0.515. The number of rotatable bonds is 6. The molecule has 1 heterocycles. The molecule has 32 heavy (non-hydrogen) atoms. The third-order valence-corrected chi connectivity index (χ3v) is 7.86. The highest BCUT2D eigenvalue weighted by atomic mass is 32.2. The lowest BCUT2D eigenvalue weighted by Crippen LogP contribution is -2.27. The van der Waals surface area contributed by atoms with E-state index < -0.39 is 15.8 Å². The lowest BCUT2D eigenvalue weighted by molar-refractivity contribution is -0.115. The highest BCUT2D eigenvalue weighted by Crippen LogP contribution is 2.42. The molecule has 8 heteroatoms. The first-order valence-electron chi connectivity index (χ1n) is 10.2. The van der Waals surface area contributed by atoms with E-state index in [-0.39, 0.29) is 16.2 Å². The summed E-state index contributed by atoms with van der Waals surface area (Å²) in [5.74, 6) is 0.251. The number of carbonyl (C=O) groups excluding carboxylic acids is 1. The molecule has 1 saturated heterocycles. The van der Waals surface area contributed by atoms with Crippen molar-refractivity contribution in [1.82, 2.24) is 0 Å². The Bertz CT molecular complexity index is 1230. The standard InChI is InChI=1S/C24H23FN2O3S2/c1-16(2)17-6-10-21(11-7-17)27-23(28)15-31-24(27)18-4-3-5-20(14-18)26-32(29,30)22-12-8-19(25)9-13-22/h3-14,16,24,26H,15H2,1-2H3. The van der Waals surface area contributed by atoms with Crippen molar-refractivity contribution in [3.05, 3.63) is 89.7 Å². The number of thioether (sulfide) groups is 1. The van der Waals surface area contributed by atoms with Crippen molar-refractivity contribution in [3.63, 3.8) is 0 Å². The van der Waals surface area contributed by atoms with Crippen LogP contribution in [0, 0.1) is 5.82 Å². The van der Waals surface area contributed by atoms with Crippen molar-refractivity contribution >= 4 is 39.1 Å². The Kier molecular flexibility index (Phi) is 6.26. The summed E-state index contributed by atoms with van der Waals surface area (Å²) < 4.78 is 41.0. The number of hydrogen-bond donors (Lipinski definition) is 1. The smallest absolute Gasteiger partial charge is 0.261 e. The van der Waals surface area contributed by atoms with Gasteiger partial charge in [-0.3, -0.25) is 14.4 Å². The molecule has 0 radical (unpaired) electrons. The Morgan fingerprint density at radius 1 is 1.03 bits per heavy atom. The first kappa shape index (κ1) is 22.4. The normalized spacial score (nSPS) is 16.6. The molecule has 1 unspecified atom stereocenters. The van der Waals surface area contributed by atoms with E-state index >= 15 is 0 Å². The maximum absolute atomic E-state index is 13.1. The molecular formula is C24H23FN2O3S2. The summed E-state index contributed by atoms with van der Waals surface area (Å²) in [6, 6.07) is 19.6. The van der Waals surface area contributed by atoms with Gasteiger partial charge in [-0.1, -0.05) is 38.1 Å². The predicted octanol–water partition coefficient (Wildman–Crippen LogP) is 5.53. The molecule has 3 aromatic rings. The number of carbonyl (C=O) groups is 1. The van der Waals surface area contributed by atoms with Gasteiger partial charge in [-0.15, -0.1) is 11.8 Å². The van der Waals surface area contributed by atoms with E-state index in [1.807, 2.05) is 30.3 Å². The number of nitrogens with one attached hydrogen (secondary N) is 1.